The van der Waals surface area contributed by atoms with Crippen LogP contribution >= 0.6 is 0 Å². The van der Waals surface area contributed by atoms with Crippen LogP contribution in [0.5, 0.6) is 11.5 Å². The minimum Gasteiger partial charge on any atom is -0.497 e. The lowest BCUT2D eigenvalue weighted by molar-refractivity contribution is 0.0913. The largest absolute Gasteiger partial charge is 0.497 e. The van der Waals surface area contributed by atoms with Crippen LogP contribution in [0.4, 0.5) is 0 Å². The second-order valence-corrected chi connectivity index (χ2v) is 5.02. The highest BCUT2D eigenvalue weighted by Gasteiger charge is 2.28. The molecule has 2 unspecified atom stereocenters. The van der Waals surface area contributed by atoms with Crippen molar-refractivity contribution in [2.75, 3.05) is 20.8 Å². The normalized spacial score (nSPS) is 21.6. The Labute approximate surface area is 118 Å². The fourth-order valence-electron chi connectivity index (χ4n) is 2.68. The quantitative estimate of drug-likeness (QED) is 0.859. The zero-order valence-electron chi connectivity index (χ0n) is 11.9. The van der Waals surface area contributed by atoms with Crippen molar-refractivity contribution < 1.29 is 19.4 Å². The molecule has 1 aliphatic rings. The molecule has 5 heteroatoms. The monoisotopic (exact) mass is 279 g/mol. The van der Waals surface area contributed by atoms with Crippen LogP contribution in [0.3, 0.4) is 0 Å². The van der Waals surface area contributed by atoms with E-state index < -0.39 is 0 Å². The molecule has 0 spiro atoms. The first kappa shape index (κ1) is 14.7. The lowest BCUT2D eigenvalue weighted by Gasteiger charge is -2.19. The van der Waals surface area contributed by atoms with Gasteiger partial charge in [-0.2, -0.15) is 0 Å². The Balaban J connectivity index is 2.12. The molecule has 1 aromatic carbocycles. The molecule has 5 nitrogen and oxygen atoms in total. The van der Waals surface area contributed by atoms with E-state index in [1.165, 1.54) is 7.11 Å². The molecule has 1 fully saturated rings. The minimum absolute atomic E-state index is 0.0410. The molecule has 1 aromatic rings. The molecule has 0 aromatic heterocycles. The average Bonchev–Trinajstić information content (AvgIpc) is 2.93. The topological polar surface area (TPSA) is 67.8 Å². The van der Waals surface area contributed by atoms with Gasteiger partial charge in [0.25, 0.3) is 5.91 Å². The number of methoxy groups -OCH3 is 2. The first-order valence-electron chi connectivity index (χ1n) is 6.83. The molecule has 0 bridgehead atoms. The number of rotatable bonds is 5. The van der Waals surface area contributed by atoms with E-state index in [4.69, 9.17) is 9.47 Å². The van der Waals surface area contributed by atoms with Gasteiger partial charge in [-0.1, -0.05) is 6.42 Å². The summed E-state index contributed by atoms with van der Waals surface area (Å²) in [7, 11) is 3.09. The van der Waals surface area contributed by atoms with Crippen molar-refractivity contribution in [3.63, 3.8) is 0 Å². The molecule has 2 atom stereocenters. The molecule has 1 amide bonds. The van der Waals surface area contributed by atoms with Crippen molar-refractivity contribution in [2.45, 2.75) is 25.3 Å². The summed E-state index contributed by atoms with van der Waals surface area (Å²) >= 11 is 0. The van der Waals surface area contributed by atoms with Gasteiger partial charge in [0, 0.05) is 24.6 Å². The molecule has 0 aliphatic heterocycles. The predicted molar refractivity (Wildman–Crippen MR) is 75.2 cm³/mol. The minimum atomic E-state index is -0.171. The van der Waals surface area contributed by atoms with Gasteiger partial charge in [-0.3, -0.25) is 4.79 Å². The second kappa shape index (κ2) is 6.61. The van der Waals surface area contributed by atoms with Gasteiger partial charge in [0.1, 0.15) is 11.5 Å². The van der Waals surface area contributed by atoms with Crippen molar-refractivity contribution in [1.29, 1.82) is 0 Å². The number of aliphatic hydroxyl groups excluding tert-OH is 1. The van der Waals surface area contributed by atoms with Crippen LogP contribution in [0.15, 0.2) is 18.2 Å². The van der Waals surface area contributed by atoms with Crippen molar-refractivity contribution in [3.05, 3.63) is 23.8 Å². The molecule has 0 heterocycles. The molecule has 110 valence electrons. The highest BCUT2D eigenvalue weighted by molar-refractivity contribution is 5.97. The zero-order chi connectivity index (χ0) is 14.5. The SMILES string of the molecule is COc1ccc(C(=O)NC2CCCC2CO)c(OC)c1. The Kier molecular flexibility index (Phi) is 4.84. The number of ether oxygens (including phenoxy) is 2. The predicted octanol–water partition coefficient (Wildman–Crippen LogP) is 1.59. The van der Waals surface area contributed by atoms with Crippen LogP contribution in [-0.4, -0.2) is 37.9 Å². The van der Waals surface area contributed by atoms with E-state index in [0.29, 0.717) is 17.1 Å². The van der Waals surface area contributed by atoms with Gasteiger partial charge in [-0.25, -0.2) is 0 Å². The van der Waals surface area contributed by atoms with Gasteiger partial charge in [0.2, 0.25) is 0 Å². The summed E-state index contributed by atoms with van der Waals surface area (Å²) in [4.78, 5) is 12.3. The number of aliphatic hydroxyl groups is 1. The van der Waals surface area contributed by atoms with Crippen LogP contribution in [0, 0.1) is 5.92 Å². The Morgan fingerprint density at radius 3 is 2.80 bits per heavy atom. The van der Waals surface area contributed by atoms with E-state index in [9.17, 15) is 9.90 Å². The Hall–Kier alpha value is -1.75. The standard InChI is InChI=1S/C15H21NO4/c1-19-11-6-7-12(14(8-11)20-2)15(18)16-13-5-3-4-10(13)9-17/h6-8,10,13,17H,3-5,9H2,1-2H3,(H,16,18). The number of hydrogen-bond donors (Lipinski definition) is 2. The van der Waals surface area contributed by atoms with E-state index in [2.05, 4.69) is 5.32 Å². The third-order valence-corrected chi connectivity index (χ3v) is 3.86. The lowest BCUT2D eigenvalue weighted by Crippen LogP contribution is -2.38. The maximum Gasteiger partial charge on any atom is 0.255 e. The average molecular weight is 279 g/mol. The number of carbonyl (C=O) groups excluding carboxylic acids is 1. The summed E-state index contributed by atoms with van der Waals surface area (Å²) in [6.45, 7) is 0.116. The van der Waals surface area contributed by atoms with Gasteiger partial charge in [0.15, 0.2) is 0 Å². The summed E-state index contributed by atoms with van der Waals surface area (Å²) in [5.74, 6) is 1.12. The van der Waals surface area contributed by atoms with E-state index in [1.807, 2.05) is 0 Å². The third-order valence-electron chi connectivity index (χ3n) is 3.86. The van der Waals surface area contributed by atoms with Gasteiger partial charge >= 0.3 is 0 Å². The number of amides is 1. The molecule has 20 heavy (non-hydrogen) atoms. The van der Waals surface area contributed by atoms with Crippen LogP contribution < -0.4 is 14.8 Å². The summed E-state index contributed by atoms with van der Waals surface area (Å²) in [6.07, 6.45) is 2.91. The number of nitrogens with one attached hydrogen (secondary N) is 1. The van der Waals surface area contributed by atoms with Gasteiger partial charge in [-0.15, -0.1) is 0 Å². The first-order valence-corrected chi connectivity index (χ1v) is 6.83. The summed E-state index contributed by atoms with van der Waals surface area (Å²) < 4.78 is 10.4. The Bertz CT molecular complexity index is 475. The smallest absolute Gasteiger partial charge is 0.255 e. The summed E-state index contributed by atoms with van der Waals surface area (Å²) in [6, 6.07) is 5.15. The number of benzene rings is 1. The molecule has 1 aliphatic carbocycles. The number of hydrogen-bond acceptors (Lipinski definition) is 4. The molecular formula is C15H21NO4. The molecule has 0 radical (unpaired) electrons. The second-order valence-electron chi connectivity index (χ2n) is 5.02. The number of carbonyl (C=O) groups is 1. The first-order chi connectivity index (χ1) is 9.69. The maximum atomic E-state index is 12.3. The fourth-order valence-corrected chi connectivity index (χ4v) is 2.68. The van der Waals surface area contributed by atoms with Crippen LogP contribution in [-0.2, 0) is 0 Å². The fraction of sp³-hybridized carbons (Fsp3) is 0.533. The molecule has 2 N–H and O–H groups in total. The van der Waals surface area contributed by atoms with Crippen molar-refractivity contribution in [1.82, 2.24) is 5.32 Å². The van der Waals surface area contributed by atoms with E-state index in [1.54, 1.807) is 25.3 Å². The molecule has 0 saturated heterocycles. The van der Waals surface area contributed by atoms with E-state index in [-0.39, 0.29) is 24.5 Å². The highest BCUT2D eigenvalue weighted by Crippen LogP contribution is 2.28. The zero-order valence-corrected chi connectivity index (χ0v) is 11.9. The Morgan fingerprint density at radius 1 is 1.35 bits per heavy atom. The Morgan fingerprint density at radius 2 is 2.15 bits per heavy atom. The highest BCUT2D eigenvalue weighted by atomic mass is 16.5. The van der Waals surface area contributed by atoms with E-state index in [0.717, 1.165) is 19.3 Å². The van der Waals surface area contributed by atoms with Crippen molar-refractivity contribution in [2.24, 2.45) is 5.92 Å². The van der Waals surface area contributed by atoms with Crippen LogP contribution in [0.2, 0.25) is 0 Å². The van der Waals surface area contributed by atoms with Gasteiger partial charge in [-0.05, 0) is 25.0 Å². The molecular weight excluding hydrogens is 258 g/mol. The summed E-state index contributed by atoms with van der Waals surface area (Å²) in [5, 5.41) is 12.3. The maximum absolute atomic E-state index is 12.3. The summed E-state index contributed by atoms with van der Waals surface area (Å²) in [5.41, 5.74) is 0.483. The van der Waals surface area contributed by atoms with Gasteiger partial charge < -0.3 is 19.9 Å². The van der Waals surface area contributed by atoms with Crippen molar-refractivity contribution in [3.8, 4) is 11.5 Å². The molecule has 2 rings (SSSR count). The molecule has 1 saturated carbocycles. The lowest BCUT2D eigenvalue weighted by atomic mass is 10.0. The van der Waals surface area contributed by atoms with E-state index >= 15 is 0 Å². The van der Waals surface area contributed by atoms with Crippen molar-refractivity contribution >= 4 is 5.91 Å². The van der Waals surface area contributed by atoms with Crippen LogP contribution in [0.1, 0.15) is 29.6 Å². The van der Waals surface area contributed by atoms with Crippen LogP contribution in [0.25, 0.3) is 0 Å². The third kappa shape index (κ3) is 3.04. The van der Waals surface area contributed by atoms with Gasteiger partial charge in [0.05, 0.1) is 19.8 Å².